The summed E-state index contributed by atoms with van der Waals surface area (Å²) in [5.74, 6) is 0.419. The van der Waals surface area contributed by atoms with Crippen LogP contribution in [0.1, 0.15) is 58.3 Å². The van der Waals surface area contributed by atoms with Gasteiger partial charge in [0.25, 0.3) is 0 Å². The quantitative estimate of drug-likeness (QED) is 0.178. The number of primary amides is 1. The summed E-state index contributed by atoms with van der Waals surface area (Å²) in [6, 6.07) is -0.569. The molecular weight excluding hydrogens is 900 g/mol. The van der Waals surface area contributed by atoms with Crippen LogP contribution in [0.15, 0.2) is 0 Å². The van der Waals surface area contributed by atoms with Crippen molar-refractivity contribution in [2.24, 2.45) is 23.3 Å². The number of rotatable bonds is 9. The van der Waals surface area contributed by atoms with Gasteiger partial charge in [-0.3, -0.25) is 14.7 Å². The number of aliphatic hydroxyl groups excluding tert-OH is 2. The molecule has 2 aliphatic rings. The predicted molar refractivity (Wildman–Crippen MR) is 158 cm³/mol. The van der Waals surface area contributed by atoms with Crippen LogP contribution in [0.3, 0.4) is 0 Å². The summed E-state index contributed by atoms with van der Waals surface area (Å²) < 4.78 is 0. The molecule has 2 fully saturated rings. The van der Waals surface area contributed by atoms with Gasteiger partial charge in [0.2, 0.25) is 5.91 Å². The van der Waals surface area contributed by atoms with Gasteiger partial charge in [0, 0.05) is 12.1 Å². The molecule has 30 heavy (non-hydrogen) atoms. The van der Waals surface area contributed by atoms with E-state index in [1.165, 1.54) is 45.4 Å². The van der Waals surface area contributed by atoms with E-state index < -0.39 is 18.1 Å². The first-order valence-corrected chi connectivity index (χ1v) is 23.7. The van der Waals surface area contributed by atoms with Gasteiger partial charge in [-0.1, -0.05) is 47.9 Å². The summed E-state index contributed by atoms with van der Waals surface area (Å²) in [5, 5.41) is 21.5. The Balaban J connectivity index is 0. The Morgan fingerprint density at radius 3 is 1.73 bits per heavy atom. The summed E-state index contributed by atoms with van der Waals surface area (Å²) in [6.45, 7) is 1.38. The van der Waals surface area contributed by atoms with E-state index in [-0.39, 0.29) is 46.8 Å². The summed E-state index contributed by atoms with van der Waals surface area (Å²) in [5.41, 5.74) is 10.7. The number of halogens is 4. The first-order valence-electron chi connectivity index (χ1n) is 9.64. The monoisotopic (exact) mass is 935 g/mol. The summed E-state index contributed by atoms with van der Waals surface area (Å²) >= 11 is 7.39. The predicted octanol–water partition coefficient (Wildman–Crippen LogP) is 3.50. The average molecular weight is 935 g/mol. The second-order valence-corrected chi connectivity index (χ2v) is 43.3. The van der Waals surface area contributed by atoms with Gasteiger partial charge in [0.15, 0.2) is 5.78 Å². The van der Waals surface area contributed by atoms with Crippen LogP contribution in [-0.4, -0.2) is 46.2 Å². The van der Waals surface area contributed by atoms with Crippen molar-refractivity contribution in [3.8, 4) is 0 Å². The van der Waals surface area contributed by atoms with Gasteiger partial charge in [-0.05, 0) is 31.6 Å². The van der Waals surface area contributed by atoms with Crippen LogP contribution < -0.4 is 16.6 Å². The Bertz CT molecular complexity index is 489. The number of carbonyl (C=O) groups is 2. The Morgan fingerprint density at radius 1 is 1.07 bits per heavy atom. The van der Waals surface area contributed by atoms with Crippen LogP contribution in [0.4, 0.5) is 0 Å². The van der Waals surface area contributed by atoms with E-state index in [1.807, 2.05) is 0 Å². The molecule has 2 rings (SSSR count). The molecule has 2 aliphatic carbocycles. The topological polar surface area (TPSA) is 139 Å². The molecule has 0 spiro atoms. The van der Waals surface area contributed by atoms with E-state index in [0.29, 0.717) is 11.8 Å². The van der Waals surface area contributed by atoms with Crippen LogP contribution in [0.2, 0.25) is 0 Å². The Hall–Kier alpha value is 2.91. The molecule has 180 valence electrons. The molecule has 5 unspecified atom stereocenters. The van der Waals surface area contributed by atoms with Gasteiger partial charge >= 0.3 is 64.9 Å². The van der Waals surface area contributed by atoms with Crippen molar-refractivity contribution < 1.29 is 24.7 Å². The first kappa shape index (κ1) is 35.1. The molecule has 2 saturated carbocycles. The third kappa shape index (κ3) is 16.5. The minimum absolute atomic E-state index is 0. The maximum absolute atomic E-state index is 10.7. The molecule has 0 aliphatic heterocycles. The Kier molecular flexibility index (Phi) is 23.6. The molecule has 5 atom stereocenters. The van der Waals surface area contributed by atoms with E-state index in [4.69, 9.17) is 11.5 Å². The summed E-state index contributed by atoms with van der Waals surface area (Å²) in [6.07, 6.45) is 6.95. The standard InChI is InChI=1S/C9H17NO2.C8H17N2O2P.4HI.V/c1-6(11)9(12)8(10)5-7-3-2-4-7;9-8(12)7(11)6(10-13)4-5-2-1-3-5;;;;;/h7-9,12H,2-5,10H2,1H3;5-7,10-11H,1-4,13H2,(H2,9,12);4*1H;/q;;;;;;+3/p-3. The fraction of sp³-hybridized carbons (Fsp3) is 0.882. The van der Waals surface area contributed by atoms with E-state index in [2.05, 4.69) is 74.4 Å². The van der Waals surface area contributed by atoms with Crippen molar-refractivity contribution in [3.05, 3.63) is 0 Å². The Labute approximate surface area is 237 Å². The van der Waals surface area contributed by atoms with Crippen LogP contribution >= 0.6 is 93.3 Å². The summed E-state index contributed by atoms with van der Waals surface area (Å²) in [7, 11) is 2.32. The Morgan fingerprint density at radius 2 is 1.47 bits per heavy atom. The van der Waals surface area contributed by atoms with Gasteiger partial charge in [-0.2, -0.15) is 0 Å². The number of amides is 1. The number of aliphatic hydroxyl groups is 2. The van der Waals surface area contributed by atoms with E-state index in [9.17, 15) is 19.8 Å². The SMILES string of the molecule is CC(=O)C(O)C(N)CC1CCC1.I.NC(=O)C(O)C(CC1CCC1)NP.[I][V]([I])[I]. The van der Waals surface area contributed by atoms with Crippen molar-refractivity contribution in [2.75, 3.05) is 0 Å². The second-order valence-electron chi connectivity index (χ2n) is 7.60. The second kappa shape index (κ2) is 20.1. The molecule has 7 N–H and O–H groups in total. The van der Waals surface area contributed by atoms with Gasteiger partial charge in [0.1, 0.15) is 12.2 Å². The molecule has 13 heteroatoms. The number of carbonyl (C=O) groups excluding carboxylic acids is 2. The molecule has 0 bridgehead atoms. The third-order valence-electron chi connectivity index (χ3n) is 5.35. The van der Waals surface area contributed by atoms with Crippen LogP contribution in [-0.2, 0) is 14.5 Å². The van der Waals surface area contributed by atoms with Gasteiger partial charge in [-0.15, -0.1) is 24.0 Å². The van der Waals surface area contributed by atoms with Crippen molar-refractivity contribution in [2.45, 2.75) is 82.6 Å². The van der Waals surface area contributed by atoms with Gasteiger partial charge in [0.05, 0.1) is 0 Å². The van der Waals surface area contributed by atoms with Gasteiger partial charge in [-0.25, -0.2) is 0 Å². The fourth-order valence-electron chi connectivity index (χ4n) is 3.12. The molecule has 0 saturated heterocycles. The maximum atomic E-state index is 10.7. The van der Waals surface area contributed by atoms with Crippen molar-refractivity contribution in [1.29, 1.82) is 0 Å². The molecule has 0 aromatic heterocycles. The molecule has 0 aromatic rings. The van der Waals surface area contributed by atoms with Crippen LogP contribution in [0.25, 0.3) is 0 Å². The van der Waals surface area contributed by atoms with Crippen molar-refractivity contribution in [1.82, 2.24) is 5.09 Å². The zero-order valence-electron chi connectivity index (χ0n) is 17.1. The summed E-state index contributed by atoms with van der Waals surface area (Å²) in [4.78, 5) is 21.2. The van der Waals surface area contributed by atoms with Crippen molar-refractivity contribution in [3.63, 3.8) is 0 Å². The molecular formula is C17H35I4N3O4PV. The molecule has 0 heterocycles. The average Bonchev–Trinajstić information content (AvgIpc) is 2.55. The van der Waals surface area contributed by atoms with E-state index in [1.54, 1.807) is 0 Å². The van der Waals surface area contributed by atoms with E-state index in [0.717, 1.165) is 12.8 Å². The fourth-order valence-corrected chi connectivity index (χ4v) is 3.44. The number of nitrogens with two attached hydrogens (primary N) is 2. The minimum atomic E-state index is -1.07. The van der Waals surface area contributed by atoms with Gasteiger partial charge < -0.3 is 21.7 Å². The zero-order valence-corrected chi connectivity index (χ0v) is 28.4. The molecule has 7 nitrogen and oxygen atoms in total. The first-order chi connectivity index (χ1) is 13.5. The molecule has 1 amide bonds. The zero-order chi connectivity index (χ0) is 22.6. The van der Waals surface area contributed by atoms with Crippen LogP contribution in [0, 0.1) is 11.8 Å². The number of nitrogens with one attached hydrogen (secondary N) is 1. The van der Waals surface area contributed by atoms with Crippen LogP contribution in [0.5, 0.6) is 0 Å². The number of hydrogen-bond donors (Lipinski definition) is 5. The molecule has 0 radical (unpaired) electrons. The number of ketones is 1. The number of Topliss-reactive ketones (excluding diaryl/α,β-unsaturated/α-hetero) is 1. The normalized spacial score (nSPS) is 19.9. The molecule has 0 aromatic carbocycles. The number of hydrogen-bond acceptors (Lipinski definition) is 6. The van der Waals surface area contributed by atoms with E-state index >= 15 is 0 Å². The third-order valence-corrected chi connectivity index (χ3v) is 5.78. The van der Waals surface area contributed by atoms with Crippen molar-refractivity contribution >= 4 is 105 Å².